The molecule has 4 rings (SSSR count). The molecule has 0 spiro atoms. The van der Waals surface area contributed by atoms with Crippen molar-refractivity contribution in [3.63, 3.8) is 0 Å². The Hall–Kier alpha value is -3.16. The van der Waals surface area contributed by atoms with Gasteiger partial charge in [-0.3, -0.25) is 4.79 Å². The highest BCUT2D eigenvalue weighted by Crippen LogP contribution is 2.41. The molecule has 8 nitrogen and oxygen atoms in total. The standard InChI is InChI=1S/C19H21N5O3/c1-19(2)8-14(12-6-4-5-7-15(12)27-19)23-17-13-9-22-24(10-16(25)26-3)18(13)21-11-20-17/h4-7,9,11,14H,8,10H2,1-3H3,(H,20,21,23). The lowest BCUT2D eigenvalue weighted by Crippen LogP contribution is -2.37. The average Bonchev–Trinajstić information content (AvgIpc) is 3.04. The highest BCUT2D eigenvalue weighted by molar-refractivity contribution is 5.87. The van der Waals surface area contributed by atoms with Gasteiger partial charge in [0, 0.05) is 12.0 Å². The summed E-state index contributed by atoms with van der Waals surface area (Å²) in [6.07, 6.45) is 3.92. The number of methoxy groups -OCH3 is 1. The molecule has 3 heterocycles. The Labute approximate surface area is 156 Å². The van der Waals surface area contributed by atoms with Gasteiger partial charge in [0.2, 0.25) is 0 Å². The molecular weight excluding hydrogens is 346 g/mol. The predicted molar refractivity (Wildman–Crippen MR) is 99.5 cm³/mol. The van der Waals surface area contributed by atoms with E-state index >= 15 is 0 Å². The van der Waals surface area contributed by atoms with E-state index < -0.39 is 0 Å². The van der Waals surface area contributed by atoms with E-state index in [0.717, 1.165) is 23.1 Å². The summed E-state index contributed by atoms with van der Waals surface area (Å²) < 4.78 is 12.3. The summed E-state index contributed by atoms with van der Waals surface area (Å²) in [5, 5.41) is 8.53. The van der Waals surface area contributed by atoms with E-state index in [-0.39, 0.29) is 24.2 Å². The molecule has 140 valence electrons. The topological polar surface area (TPSA) is 91.2 Å². The molecule has 0 saturated heterocycles. The Morgan fingerprint density at radius 1 is 1.37 bits per heavy atom. The summed E-state index contributed by atoms with van der Waals surface area (Å²) in [7, 11) is 1.35. The van der Waals surface area contributed by atoms with Crippen LogP contribution in [0.2, 0.25) is 0 Å². The van der Waals surface area contributed by atoms with Crippen molar-refractivity contribution in [2.45, 2.75) is 38.5 Å². The van der Waals surface area contributed by atoms with Crippen molar-refractivity contribution in [1.29, 1.82) is 0 Å². The first kappa shape index (κ1) is 17.3. The van der Waals surface area contributed by atoms with Crippen molar-refractivity contribution in [2.24, 2.45) is 0 Å². The van der Waals surface area contributed by atoms with Crippen LogP contribution in [0.15, 0.2) is 36.8 Å². The molecule has 27 heavy (non-hydrogen) atoms. The normalized spacial score (nSPS) is 17.8. The van der Waals surface area contributed by atoms with Crippen LogP contribution >= 0.6 is 0 Å². The van der Waals surface area contributed by atoms with Crippen LogP contribution in [0, 0.1) is 0 Å². The number of hydrogen-bond acceptors (Lipinski definition) is 7. The molecule has 0 amide bonds. The Kier molecular flexibility index (Phi) is 4.18. The van der Waals surface area contributed by atoms with Crippen molar-refractivity contribution in [2.75, 3.05) is 12.4 Å². The van der Waals surface area contributed by atoms with Gasteiger partial charge in [-0.05, 0) is 19.9 Å². The number of para-hydroxylation sites is 1. The third-order valence-corrected chi connectivity index (χ3v) is 4.63. The van der Waals surface area contributed by atoms with E-state index in [1.807, 2.05) is 18.2 Å². The molecule has 0 bridgehead atoms. The van der Waals surface area contributed by atoms with Crippen LogP contribution in [-0.4, -0.2) is 38.4 Å². The number of benzene rings is 1. The quantitative estimate of drug-likeness (QED) is 0.709. The van der Waals surface area contributed by atoms with E-state index in [1.165, 1.54) is 18.1 Å². The molecule has 1 aromatic carbocycles. The van der Waals surface area contributed by atoms with Crippen molar-refractivity contribution in [3.8, 4) is 5.75 Å². The Balaban J connectivity index is 1.69. The summed E-state index contributed by atoms with van der Waals surface area (Å²) in [5.41, 5.74) is 1.37. The van der Waals surface area contributed by atoms with Gasteiger partial charge in [0.15, 0.2) is 5.65 Å². The predicted octanol–water partition coefficient (Wildman–Crippen LogP) is 2.71. The zero-order chi connectivity index (χ0) is 19.0. The first-order valence-corrected chi connectivity index (χ1v) is 8.75. The molecule has 1 atom stereocenters. The zero-order valence-electron chi connectivity index (χ0n) is 15.5. The van der Waals surface area contributed by atoms with E-state index in [9.17, 15) is 4.79 Å². The second-order valence-electron chi connectivity index (χ2n) is 7.14. The fraction of sp³-hybridized carbons (Fsp3) is 0.368. The van der Waals surface area contributed by atoms with Crippen LogP contribution in [0.5, 0.6) is 5.75 Å². The summed E-state index contributed by atoms with van der Waals surface area (Å²) in [6, 6.07) is 8.04. The second-order valence-corrected chi connectivity index (χ2v) is 7.14. The summed E-state index contributed by atoms with van der Waals surface area (Å²) >= 11 is 0. The van der Waals surface area contributed by atoms with Gasteiger partial charge in [0.25, 0.3) is 0 Å². The molecule has 1 unspecified atom stereocenters. The highest BCUT2D eigenvalue weighted by Gasteiger charge is 2.34. The number of carbonyl (C=O) groups excluding carboxylic acids is 1. The Morgan fingerprint density at radius 2 is 2.19 bits per heavy atom. The molecule has 0 saturated carbocycles. The van der Waals surface area contributed by atoms with Crippen LogP contribution in [0.25, 0.3) is 11.0 Å². The van der Waals surface area contributed by atoms with Crippen LogP contribution < -0.4 is 10.1 Å². The van der Waals surface area contributed by atoms with E-state index in [1.54, 1.807) is 6.20 Å². The van der Waals surface area contributed by atoms with Crippen LogP contribution in [0.3, 0.4) is 0 Å². The van der Waals surface area contributed by atoms with Crippen molar-refractivity contribution < 1.29 is 14.3 Å². The van der Waals surface area contributed by atoms with Crippen LogP contribution in [0.1, 0.15) is 31.9 Å². The van der Waals surface area contributed by atoms with Crippen molar-refractivity contribution >= 4 is 22.8 Å². The van der Waals surface area contributed by atoms with Gasteiger partial charge >= 0.3 is 5.97 Å². The molecule has 8 heteroatoms. The zero-order valence-corrected chi connectivity index (χ0v) is 15.5. The summed E-state index contributed by atoms with van der Waals surface area (Å²) in [4.78, 5) is 20.3. The van der Waals surface area contributed by atoms with Gasteiger partial charge in [0.05, 0.1) is 24.7 Å². The van der Waals surface area contributed by atoms with Crippen LogP contribution in [0.4, 0.5) is 5.82 Å². The summed E-state index contributed by atoms with van der Waals surface area (Å²) in [5.74, 6) is 1.17. The van der Waals surface area contributed by atoms with Gasteiger partial charge in [-0.15, -0.1) is 0 Å². The number of esters is 1. The first-order chi connectivity index (χ1) is 13.0. The van der Waals surface area contributed by atoms with E-state index in [0.29, 0.717) is 11.5 Å². The minimum absolute atomic E-state index is 0.00356. The largest absolute Gasteiger partial charge is 0.487 e. The maximum absolute atomic E-state index is 11.6. The van der Waals surface area contributed by atoms with E-state index in [4.69, 9.17) is 9.47 Å². The Bertz CT molecular complexity index is 998. The van der Waals surface area contributed by atoms with Gasteiger partial charge in [0.1, 0.15) is 30.0 Å². The number of ether oxygens (including phenoxy) is 2. The molecule has 1 N–H and O–H groups in total. The number of fused-ring (bicyclic) bond motifs is 2. The lowest BCUT2D eigenvalue weighted by atomic mass is 9.89. The smallest absolute Gasteiger partial charge is 0.327 e. The minimum Gasteiger partial charge on any atom is -0.487 e. The molecule has 1 aliphatic heterocycles. The first-order valence-electron chi connectivity index (χ1n) is 8.75. The van der Waals surface area contributed by atoms with Gasteiger partial charge in [-0.25, -0.2) is 14.6 Å². The summed E-state index contributed by atoms with van der Waals surface area (Å²) in [6.45, 7) is 4.15. The molecule has 0 aliphatic carbocycles. The monoisotopic (exact) mass is 367 g/mol. The van der Waals surface area contributed by atoms with Crippen molar-refractivity contribution in [1.82, 2.24) is 19.7 Å². The molecule has 3 aromatic rings. The highest BCUT2D eigenvalue weighted by atomic mass is 16.5. The SMILES string of the molecule is COC(=O)Cn1ncc2c(NC3CC(C)(C)Oc4ccccc43)ncnc21. The number of nitrogens with zero attached hydrogens (tertiary/aromatic N) is 4. The molecule has 2 aromatic heterocycles. The number of hydrogen-bond donors (Lipinski definition) is 1. The van der Waals surface area contributed by atoms with E-state index in [2.05, 4.69) is 40.3 Å². The fourth-order valence-electron chi connectivity index (χ4n) is 3.41. The minimum atomic E-state index is -0.381. The molecule has 0 radical (unpaired) electrons. The lowest BCUT2D eigenvalue weighted by Gasteiger charge is -2.38. The molecule has 0 fully saturated rings. The molecule has 1 aliphatic rings. The van der Waals surface area contributed by atoms with Crippen LogP contribution in [-0.2, 0) is 16.1 Å². The maximum atomic E-state index is 11.6. The van der Waals surface area contributed by atoms with Crippen molar-refractivity contribution in [3.05, 3.63) is 42.4 Å². The third-order valence-electron chi connectivity index (χ3n) is 4.63. The van der Waals surface area contributed by atoms with Gasteiger partial charge in [-0.1, -0.05) is 18.2 Å². The fourth-order valence-corrected chi connectivity index (χ4v) is 3.41. The second kappa shape index (κ2) is 6.53. The van der Waals surface area contributed by atoms with Gasteiger partial charge in [-0.2, -0.15) is 5.10 Å². The number of aromatic nitrogens is 4. The number of anilines is 1. The molecular formula is C19H21N5O3. The number of nitrogens with one attached hydrogen (secondary N) is 1. The maximum Gasteiger partial charge on any atom is 0.327 e. The average molecular weight is 367 g/mol. The lowest BCUT2D eigenvalue weighted by molar-refractivity contribution is -0.141. The van der Waals surface area contributed by atoms with Gasteiger partial charge < -0.3 is 14.8 Å². The number of carbonyl (C=O) groups is 1. The Morgan fingerprint density at radius 3 is 3.00 bits per heavy atom. The third kappa shape index (κ3) is 3.30. The number of rotatable bonds is 4.